The highest BCUT2D eigenvalue weighted by Gasteiger charge is 2.34. The SMILES string of the molecule is CC1CC(c2ncc3[nH]ccc3n2)CC(C(C)(C)C)N1. The summed E-state index contributed by atoms with van der Waals surface area (Å²) in [4.78, 5) is 12.5. The molecule has 2 N–H and O–H groups in total. The molecule has 0 amide bonds. The largest absolute Gasteiger partial charge is 0.359 e. The first-order valence-electron chi connectivity index (χ1n) is 7.49. The van der Waals surface area contributed by atoms with Gasteiger partial charge in [-0.05, 0) is 31.2 Å². The van der Waals surface area contributed by atoms with E-state index in [1.807, 2.05) is 18.5 Å². The number of fused-ring (bicyclic) bond motifs is 1. The Morgan fingerprint density at radius 3 is 2.80 bits per heavy atom. The summed E-state index contributed by atoms with van der Waals surface area (Å²) in [7, 11) is 0. The van der Waals surface area contributed by atoms with Gasteiger partial charge in [0, 0.05) is 24.2 Å². The van der Waals surface area contributed by atoms with E-state index in [2.05, 4.69) is 43.0 Å². The molecule has 2 aromatic heterocycles. The van der Waals surface area contributed by atoms with Crippen LogP contribution in [0.4, 0.5) is 0 Å². The molecule has 0 saturated carbocycles. The molecule has 3 atom stereocenters. The normalized spacial score (nSPS) is 27.9. The van der Waals surface area contributed by atoms with Crippen LogP contribution in [0, 0.1) is 5.41 Å². The molecular weight excluding hydrogens is 248 g/mol. The number of rotatable bonds is 1. The van der Waals surface area contributed by atoms with Crippen LogP contribution in [-0.2, 0) is 0 Å². The van der Waals surface area contributed by atoms with E-state index in [1.165, 1.54) is 0 Å². The summed E-state index contributed by atoms with van der Waals surface area (Å²) in [5.74, 6) is 1.45. The van der Waals surface area contributed by atoms with E-state index >= 15 is 0 Å². The second kappa shape index (κ2) is 4.85. The predicted molar refractivity (Wildman–Crippen MR) is 81.7 cm³/mol. The number of H-pyrrole nitrogens is 1. The van der Waals surface area contributed by atoms with E-state index in [1.54, 1.807) is 0 Å². The van der Waals surface area contributed by atoms with Gasteiger partial charge in [-0.15, -0.1) is 0 Å². The number of nitrogens with zero attached hydrogens (tertiary/aromatic N) is 2. The van der Waals surface area contributed by atoms with E-state index in [9.17, 15) is 0 Å². The van der Waals surface area contributed by atoms with Crippen molar-refractivity contribution in [2.24, 2.45) is 5.41 Å². The highest BCUT2D eigenvalue weighted by molar-refractivity contribution is 5.73. The van der Waals surface area contributed by atoms with Gasteiger partial charge in [-0.2, -0.15) is 0 Å². The molecule has 0 aromatic carbocycles. The predicted octanol–water partition coefficient (Wildman–Crippen LogP) is 3.23. The van der Waals surface area contributed by atoms with Gasteiger partial charge in [-0.3, -0.25) is 0 Å². The summed E-state index contributed by atoms with van der Waals surface area (Å²) in [5, 5.41) is 3.73. The van der Waals surface area contributed by atoms with Gasteiger partial charge < -0.3 is 10.3 Å². The van der Waals surface area contributed by atoms with Crippen LogP contribution in [0.2, 0.25) is 0 Å². The first-order valence-corrected chi connectivity index (χ1v) is 7.49. The molecule has 1 saturated heterocycles. The van der Waals surface area contributed by atoms with E-state index in [0.717, 1.165) is 29.7 Å². The Bertz CT molecular complexity index is 596. The number of nitrogens with one attached hydrogen (secondary N) is 2. The Morgan fingerprint density at radius 2 is 2.05 bits per heavy atom. The van der Waals surface area contributed by atoms with Crippen molar-refractivity contribution in [3.63, 3.8) is 0 Å². The van der Waals surface area contributed by atoms with Crippen molar-refractivity contribution in [2.45, 2.75) is 58.5 Å². The third-order valence-electron chi connectivity index (χ3n) is 4.37. The lowest BCUT2D eigenvalue weighted by Gasteiger charge is -2.41. The van der Waals surface area contributed by atoms with Crippen LogP contribution in [0.25, 0.3) is 11.0 Å². The fourth-order valence-corrected chi connectivity index (χ4v) is 3.16. The Kier molecular flexibility index (Phi) is 3.28. The molecule has 108 valence electrons. The molecule has 0 spiro atoms. The minimum Gasteiger partial charge on any atom is -0.359 e. The molecule has 4 heteroatoms. The van der Waals surface area contributed by atoms with Crippen LogP contribution in [0.1, 0.15) is 52.3 Å². The minimum atomic E-state index is 0.269. The Labute approximate surface area is 120 Å². The van der Waals surface area contributed by atoms with Crippen molar-refractivity contribution >= 4 is 11.0 Å². The first-order chi connectivity index (χ1) is 9.43. The maximum Gasteiger partial charge on any atom is 0.132 e. The summed E-state index contributed by atoms with van der Waals surface area (Å²) in [6, 6.07) is 3.05. The lowest BCUT2D eigenvalue weighted by atomic mass is 9.76. The minimum absolute atomic E-state index is 0.269. The average molecular weight is 272 g/mol. The fraction of sp³-hybridized carbons (Fsp3) is 0.625. The third-order valence-corrected chi connectivity index (χ3v) is 4.37. The van der Waals surface area contributed by atoms with Crippen LogP contribution in [0.15, 0.2) is 18.5 Å². The molecule has 3 rings (SSSR count). The van der Waals surface area contributed by atoms with Crippen molar-refractivity contribution in [1.82, 2.24) is 20.3 Å². The molecule has 0 radical (unpaired) electrons. The smallest absolute Gasteiger partial charge is 0.132 e. The molecule has 3 unspecified atom stereocenters. The highest BCUT2D eigenvalue weighted by atomic mass is 15.0. The Hall–Kier alpha value is -1.42. The molecule has 0 bridgehead atoms. The number of hydrogen-bond acceptors (Lipinski definition) is 3. The zero-order valence-electron chi connectivity index (χ0n) is 12.8. The Balaban J connectivity index is 1.88. The van der Waals surface area contributed by atoms with Crippen molar-refractivity contribution < 1.29 is 0 Å². The van der Waals surface area contributed by atoms with Crippen molar-refractivity contribution in [2.75, 3.05) is 0 Å². The summed E-state index contributed by atoms with van der Waals surface area (Å²) in [6.45, 7) is 9.17. The number of aromatic amines is 1. The quantitative estimate of drug-likeness (QED) is 0.838. The van der Waals surface area contributed by atoms with Gasteiger partial charge in [0.05, 0.1) is 17.2 Å². The third kappa shape index (κ3) is 2.57. The van der Waals surface area contributed by atoms with E-state index in [4.69, 9.17) is 4.98 Å². The number of aromatic nitrogens is 3. The summed E-state index contributed by atoms with van der Waals surface area (Å²) < 4.78 is 0. The standard InChI is InChI=1S/C16H24N4/c1-10-7-11(8-14(19-10)16(2,3)4)15-18-9-13-12(20-15)5-6-17-13/h5-6,9-11,14,17,19H,7-8H2,1-4H3. The maximum atomic E-state index is 4.74. The molecule has 1 aliphatic rings. The van der Waals surface area contributed by atoms with Gasteiger partial charge in [0.25, 0.3) is 0 Å². The molecule has 0 aliphatic carbocycles. The number of hydrogen-bond donors (Lipinski definition) is 2. The van der Waals surface area contributed by atoms with Gasteiger partial charge >= 0.3 is 0 Å². The topological polar surface area (TPSA) is 53.6 Å². The molecule has 2 aromatic rings. The fourth-order valence-electron chi connectivity index (χ4n) is 3.16. The zero-order chi connectivity index (χ0) is 14.3. The summed E-state index contributed by atoms with van der Waals surface area (Å²) in [5.41, 5.74) is 2.31. The summed E-state index contributed by atoms with van der Waals surface area (Å²) in [6.07, 6.45) is 6.06. The van der Waals surface area contributed by atoms with Crippen LogP contribution in [-0.4, -0.2) is 27.0 Å². The average Bonchev–Trinajstić information content (AvgIpc) is 2.84. The van der Waals surface area contributed by atoms with E-state index in [-0.39, 0.29) is 5.41 Å². The van der Waals surface area contributed by atoms with Crippen LogP contribution >= 0.6 is 0 Å². The van der Waals surface area contributed by atoms with Gasteiger partial charge in [0.2, 0.25) is 0 Å². The lowest BCUT2D eigenvalue weighted by Crippen LogP contribution is -2.50. The van der Waals surface area contributed by atoms with Crippen molar-refractivity contribution in [3.8, 4) is 0 Å². The van der Waals surface area contributed by atoms with Crippen molar-refractivity contribution in [1.29, 1.82) is 0 Å². The Morgan fingerprint density at radius 1 is 1.25 bits per heavy atom. The number of piperidine rings is 1. The molecule has 4 nitrogen and oxygen atoms in total. The van der Waals surface area contributed by atoms with Gasteiger partial charge in [0.1, 0.15) is 5.82 Å². The van der Waals surface area contributed by atoms with Gasteiger partial charge in [0.15, 0.2) is 0 Å². The molecule has 1 fully saturated rings. The van der Waals surface area contributed by atoms with E-state index < -0.39 is 0 Å². The molecule has 3 heterocycles. The molecule has 1 aliphatic heterocycles. The monoisotopic (exact) mass is 272 g/mol. The maximum absolute atomic E-state index is 4.74. The first kappa shape index (κ1) is 13.6. The van der Waals surface area contributed by atoms with E-state index in [0.29, 0.717) is 18.0 Å². The second-order valence-corrected chi connectivity index (χ2v) is 7.16. The second-order valence-electron chi connectivity index (χ2n) is 7.16. The van der Waals surface area contributed by atoms with Crippen LogP contribution < -0.4 is 5.32 Å². The molecular formula is C16H24N4. The lowest BCUT2D eigenvalue weighted by molar-refractivity contribution is 0.180. The van der Waals surface area contributed by atoms with Crippen LogP contribution in [0.3, 0.4) is 0 Å². The van der Waals surface area contributed by atoms with Crippen molar-refractivity contribution in [3.05, 3.63) is 24.3 Å². The van der Waals surface area contributed by atoms with Gasteiger partial charge in [-0.1, -0.05) is 20.8 Å². The van der Waals surface area contributed by atoms with Gasteiger partial charge in [-0.25, -0.2) is 9.97 Å². The highest BCUT2D eigenvalue weighted by Crippen LogP contribution is 2.35. The van der Waals surface area contributed by atoms with Crippen LogP contribution in [0.5, 0.6) is 0 Å². The molecule has 20 heavy (non-hydrogen) atoms. The summed E-state index contributed by atoms with van der Waals surface area (Å²) >= 11 is 0. The zero-order valence-corrected chi connectivity index (χ0v) is 12.8.